The molecule has 1 saturated heterocycles. The highest BCUT2D eigenvalue weighted by molar-refractivity contribution is 5.92. The fourth-order valence-corrected chi connectivity index (χ4v) is 4.65. The number of carbonyl (C=O) groups excluding carboxylic acids is 1. The third kappa shape index (κ3) is 5.38. The molecule has 37 heavy (non-hydrogen) atoms. The molecule has 194 valence electrons. The molecular weight excluding hydrogens is 468 g/mol. The number of nitrogens with two attached hydrogens (primary N) is 1. The van der Waals surface area contributed by atoms with E-state index in [9.17, 15) is 4.79 Å². The standard InChI is InChI=1S/C28H34N6O3/c1-28(2,29)27(35)31-20-11-13-33(14-12-20)24-6-4-5-19-7-10-25(32-26(19)24)34-18-30-22-17-21(8-9-23(22)34)37-16-15-36-3/h4-10,17-18,20H,11-16,29H2,1-3H3,(H,31,35). The van der Waals surface area contributed by atoms with Gasteiger partial charge in [-0.1, -0.05) is 12.1 Å². The lowest BCUT2D eigenvalue weighted by atomic mass is 10.0. The molecule has 0 saturated carbocycles. The Bertz CT molecular complexity index is 1400. The van der Waals surface area contributed by atoms with Crippen LogP contribution in [0.25, 0.3) is 27.8 Å². The van der Waals surface area contributed by atoms with E-state index < -0.39 is 5.54 Å². The average molecular weight is 503 g/mol. The Kier molecular flexibility index (Phi) is 6.99. The molecular formula is C28H34N6O3. The van der Waals surface area contributed by atoms with E-state index in [4.69, 9.17) is 20.2 Å². The summed E-state index contributed by atoms with van der Waals surface area (Å²) in [5.41, 5.74) is 8.93. The minimum Gasteiger partial charge on any atom is -0.491 e. The number of rotatable bonds is 8. The Morgan fingerprint density at radius 3 is 2.70 bits per heavy atom. The summed E-state index contributed by atoms with van der Waals surface area (Å²) in [6, 6.07) is 16.4. The number of fused-ring (bicyclic) bond motifs is 2. The topological polar surface area (TPSA) is 108 Å². The van der Waals surface area contributed by atoms with Crippen molar-refractivity contribution in [2.75, 3.05) is 38.3 Å². The number of para-hydroxylation sites is 1. The summed E-state index contributed by atoms with van der Waals surface area (Å²) >= 11 is 0. The second-order valence-electron chi connectivity index (χ2n) is 10.1. The summed E-state index contributed by atoms with van der Waals surface area (Å²) in [7, 11) is 1.65. The Hall–Kier alpha value is -3.69. The van der Waals surface area contributed by atoms with Gasteiger partial charge < -0.3 is 25.4 Å². The lowest BCUT2D eigenvalue weighted by Gasteiger charge is -2.35. The number of methoxy groups -OCH3 is 1. The second-order valence-corrected chi connectivity index (χ2v) is 10.1. The molecule has 3 heterocycles. The molecule has 0 spiro atoms. The highest BCUT2D eigenvalue weighted by Gasteiger charge is 2.27. The quantitative estimate of drug-likeness (QED) is 0.356. The Morgan fingerprint density at radius 1 is 1.14 bits per heavy atom. The normalized spacial score (nSPS) is 14.9. The predicted octanol–water partition coefficient (Wildman–Crippen LogP) is 3.42. The predicted molar refractivity (Wildman–Crippen MR) is 145 cm³/mol. The lowest BCUT2D eigenvalue weighted by Crippen LogP contribution is -2.54. The average Bonchev–Trinajstić information content (AvgIpc) is 3.31. The van der Waals surface area contributed by atoms with Crippen molar-refractivity contribution in [3.8, 4) is 11.6 Å². The van der Waals surface area contributed by atoms with E-state index in [2.05, 4.69) is 39.5 Å². The number of benzene rings is 2. The van der Waals surface area contributed by atoms with Gasteiger partial charge in [0.15, 0.2) is 0 Å². The van der Waals surface area contributed by atoms with Crippen LogP contribution in [0.15, 0.2) is 54.9 Å². The summed E-state index contributed by atoms with van der Waals surface area (Å²) in [5.74, 6) is 1.46. The van der Waals surface area contributed by atoms with Gasteiger partial charge in [-0.25, -0.2) is 9.97 Å². The van der Waals surface area contributed by atoms with Crippen LogP contribution < -0.4 is 20.7 Å². The molecule has 1 fully saturated rings. The van der Waals surface area contributed by atoms with E-state index in [1.807, 2.05) is 28.8 Å². The van der Waals surface area contributed by atoms with E-state index in [-0.39, 0.29) is 11.9 Å². The molecule has 9 heteroatoms. The number of nitrogens with zero attached hydrogens (tertiary/aromatic N) is 4. The fraction of sp³-hybridized carbons (Fsp3) is 0.393. The zero-order chi connectivity index (χ0) is 26.0. The summed E-state index contributed by atoms with van der Waals surface area (Å²) in [6.07, 6.45) is 3.52. The molecule has 1 aliphatic rings. The number of anilines is 1. The van der Waals surface area contributed by atoms with Crippen molar-refractivity contribution in [1.29, 1.82) is 0 Å². The first-order chi connectivity index (χ1) is 17.8. The second kappa shape index (κ2) is 10.4. The first-order valence-corrected chi connectivity index (χ1v) is 12.7. The maximum Gasteiger partial charge on any atom is 0.239 e. The van der Waals surface area contributed by atoms with Gasteiger partial charge in [0.1, 0.15) is 24.5 Å². The number of piperidine rings is 1. The lowest BCUT2D eigenvalue weighted by molar-refractivity contribution is -0.126. The number of imidazole rings is 1. The largest absolute Gasteiger partial charge is 0.491 e. The van der Waals surface area contributed by atoms with E-state index in [1.54, 1.807) is 27.3 Å². The fourth-order valence-electron chi connectivity index (χ4n) is 4.65. The van der Waals surface area contributed by atoms with Crippen molar-refractivity contribution < 1.29 is 14.3 Å². The Balaban J connectivity index is 1.37. The molecule has 0 atom stereocenters. The first-order valence-electron chi connectivity index (χ1n) is 12.7. The molecule has 1 aliphatic heterocycles. The van der Waals surface area contributed by atoms with Crippen LogP contribution in [0.3, 0.4) is 0 Å². The van der Waals surface area contributed by atoms with Crippen molar-refractivity contribution in [2.24, 2.45) is 5.73 Å². The Labute approximate surface area is 216 Å². The minimum atomic E-state index is -0.872. The van der Waals surface area contributed by atoms with Crippen LogP contribution >= 0.6 is 0 Å². The number of hydrogen-bond acceptors (Lipinski definition) is 7. The summed E-state index contributed by atoms with van der Waals surface area (Å²) in [5, 5.41) is 4.18. The molecule has 0 aliphatic carbocycles. The smallest absolute Gasteiger partial charge is 0.239 e. The third-order valence-electron chi connectivity index (χ3n) is 6.76. The number of carbonyl (C=O) groups is 1. The molecule has 9 nitrogen and oxygen atoms in total. The van der Waals surface area contributed by atoms with Crippen LogP contribution in [0.4, 0.5) is 5.69 Å². The first kappa shape index (κ1) is 25.0. The molecule has 2 aromatic heterocycles. The van der Waals surface area contributed by atoms with Gasteiger partial charge in [0.2, 0.25) is 5.91 Å². The molecule has 2 aromatic carbocycles. The molecule has 0 unspecified atom stereocenters. The maximum atomic E-state index is 12.3. The van der Waals surface area contributed by atoms with Crippen LogP contribution in [0, 0.1) is 0 Å². The zero-order valence-electron chi connectivity index (χ0n) is 21.6. The van der Waals surface area contributed by atoms with Gasteiger partial charge in [-0.05, 0) is 57.0 Å². The van der Waals surface area contributed by atoms with E-state index >= 15 is 0 Å². The van der Waals surface area contributed by atoms with Crippen LogP contribution in [0.2, 0.25) is 0 Å². The monoisotopic (exact) mass is 502 g/mol. The van der Waals surface area contributed by atoms with Crippen molar-refractivity contribution in [3.05, 3.63) is 54.9 Å². The summed E-state index contributed by atoms with van der Waals surface area (Å²) in [4.78, 5) is 24.3. The summed E-state index contributed by atoms with van der Waals surface area (Å²) < 4.78 is 12.8. The third-order valence-corrected chi connectivity index (χ3v) is 6.76. The highest BCUT2D eigenvalue weighted by Crippen LogP contribution is 2.30. The Morgan fingerprint density at radius 2 is 1.95 bits per heavy atom. The van der Waals surface area contributed by atoms with E-state index in [0.29, 0.717) is 13.2 Å². The van der Waals surface area contributed by atoms with Gasteiger partial charge in [0.25, 0.3) is 0 Å². The van der Waals surface area contributed by atoms with Gasteiger partial charge in [0.05, 0.1) is 34.4 Å². The molecule has 4 aromatic rings. The van der Waals surface area contributed by atoms with Gasteiger partial charge >= 0.3 is 0 Å². The van der Waals surface area contributed by atoms with Gasteiger partial charge in [-0.15, -0.1) is 0 Å². The van der Waals surface area contributed by atoms with E-state index in [1.165, 1.54) is 0 Å². The van der Waals surface area contributed by atoms with Gasteiger partial charge in [-0.3, -0.25) is 9.36 Å². The van der Waals surface area contributed by atoms with Crippen LogP contribution in [-0.4, -0.2) is 65.4 Å². The molecule has 3 N–H and O–H groups in total. The number of hydrogen-bond donors (Lipinski definition) is 2. The number of amides is 1. The van der Waals surface area contributed by atoms with E-state index in [0.717, 1.165) is 65.1 Å². The number of ether oxygens (including phenoxy) is 2. The molecule has 5 rings (SSSR count). The number of aromatic nitrogens is 3. The zero-order valence-corrected chi connectivity index (χ0v) is 21.6. The maximum absolute atomic E-state index is 12.3. The van der Waals surface area contributed by atoms with Crippen molar-refractivity contribution in [1.82, 2.24) is 19.9 Å². The van der Waals surface area contributed by atoms with Crippen molar-refractivity contribution in [2.45, 2.75) is 38.3 Å². The summed E-state index contributed by atoms with van der Waals surface area (Å²) in [6.45, 7) is 6.16. The van der Waals surface area contributed by atoms with Gasteiger partial charge in [-0.2, -0.15) is 0 Å². The van der Waals surface area contributed by atoms with Crippen LogP contribution in [0.1, 0.15) is 26.7 Å². The van der Waals surface area contributed by atoms with Crippen molar-refractivity contribution in [3.63, 3.8) is 0 Å². The molecule has 1 amide bonds. The highest BCUT2D eigenvalue weighted by atomic mass is 16.5. The van der Waals surface area contributed by atoms with Crippen LogP contribution in [-0.2, 0) is 9.53 Å². The minimum absolute atomic E-state index is 0.108. The van der Waals surface area contributed by atoms with Crippen LogP contribution in [0.5, 0.6) is 5.75 Å². The number of pyridine rings is 1. The number of nitrogens with one attached hydrogen (secondary N) is 1. The molecule has 0 radical (unpaired) electrons. The SMILES string of the molecule is COCCOc1ccc2c(c1)ncn2-c1ccc2cccc(N3CCC(NC(=O)C(C)(C)N)CC3)c2n1. The molecule has 0 bridgehead atoms. The van der Waals surface area contributed by atoms with Gasteiger partial charge in [0, 0.05) is 37.7 Å². The van der Waals surface area contributed by atoms with Crippen molar-refractivity contribution >= 4 is 33.5 Å².